The standard InChI is InChI=1S/C11H12FNO3.C11H10FNO2/c1-6-3-4-8(12)5-9(6)13-10(14)7(2)11(15)16;1-5-3-4-7(12)8-9(5)13-11(15)6(2)10(8)14/h3-5,7H,1-2H3,(H,13,14)(H,15,16);3-4H,1-2H3,(H2,13,14,15). The van der Waals surface area contributed by atoms with Gasteiger partial charge in [-0.2, -0.15) is 0 Å². The molecule has 1 unspecified atom stereocenters. The summed E-state index contributed by atoms with van der Waals surface area (Å²) in [4.78, 5) is 35.9. The monoisotopic (exact) mass is 432 g/mol. The summed E-state index contributed by atoms with van der Waals surface area (Å²) in [7, 11) is 0. The van der Waals surface area contributed by atoms with E-state index in [-0.39, 0.29) is 22.4 Å². The van der Waals surface area contributed by atoms with Gasteiger partial charge in [0.15, 0.2) is 0 Å². The smallest absolute Gasteiger partial charge is 0.315 e. The van der Waals surface area contributed by atoms with Gasteiger partial charge in [0.2, 0.25) is 5.91 Å². The van der Waals surface area contributed by atoms with Crippen LogP contribution in [0.2, 0.25) is 0 Å². The molecular formula is C22H22F2N2O5. The lowest BCUT2D eigenvalue weighted by Crippen LogP contribution is -2.27. The Kier molecular flexibility index (Phi) is 7.12. The number of carboxylic acid groups (broad SMARTS) is 1. The van der Waals surface area contributed by atoms with Crippen LogP contribution in [-0.4, -0.2) is 27.1 Å². The van der Waals surface area contributed by atoms with Crippen LogP contribution in [0.4, 0.5) is 14.5 Å². The van der Waals surface area contributed by atoms with E-state index in [2.05, 4.69) is 10.3 Å². The zero-order valence-corrected chi connectivity index (χ0v) is 17.3. The molecule has 0 aliphatic heterocycles. The predicted molar refractivity (Wildman–Crippen MR) is 112 cm³/mol. The third-order valence-electron chi connectivity index (χ3n) is 4.76. The van der Waals surface area contributed by atoms with Crippen LogP contribution in [0.3, 0.4) is 0 Å². The summed E-state index contributed by atoms with van der Waals surface area (Å²) in [6, 6.07) is 6.77. The Morgan fingerprint density at radius 3 is 2.29 bits per heavy atom. The molecule has 0 aliphatic rings. The number of aromatic hydroxyl groups is 1. The number of carbonyl (C=O) groups is 2. The first-order valence-electron chi connectivity index (χ1n) is 9.24. The molecule has 3 aromatic rings. The topological polar surface area (TPSA) is 119 Å². The third kappa shape index (κ3) is 5.25. The Balaban J connectivity index is 0.000000220. The number of aliphatic carboxylic acids is 1. The summed E-state index contributed by atoms with van der Waals surface area (Å²) < 4.78 is 26.3. The fourth-order valence-electron chi connectivity index (χ4n) is 2.66. The van der Waals surface area contributed by atoms with E-state index in [1.54, 1.807) is 19.9 Å². The van der Waals surface area contributed by atoms with Crippen molar-refractivity contribution < 1.29 is 28.6 Å². The number of rotatable bonds is 3. The van der Waals surface area contributed by atoms with E-state index in [4.69, 9.17) is 5.11 Å². The number of carbonyl (C=O) groups excluding carboxylic acids is 1. The van der Waals surface area contributed by atoms with E-state index in [9.17, 15) is 28.3 Å². The highest BCUT2D eigenvalue weighted by Crippen LogP contribution is 2.28. The first-order chi connectivity index (χ1) is 14.4. The summed E-state index contributed by atoms with van der Waals surface area (Å²) in [5, 5.41) is 20.8. The molecule has 31 heavy (non-hydrogen) atoms. The number of H-pyrrole nitrogens is 1. The van der Waals surface area contributed by atoms with Crippen LogP contribution in [0.1, 0.15) is 23.6 Å². The van der Waals surface area contributed by atoms with Gasteiger partial charge in [0.1, 0.15) is 23.3 Å². The van der Waals surface area contributed by atoms with Gasteiger partial charge in [0, 0.05) is 5.69 Å². The summed E-state index contributed by atoms with van der Waals surface area (Å²) in [6.45, 7) is 6.16. The molecule has 1 heterocycles. The highest BCUT2D eigenvalue weighted by molar-refractivity contribution is 6.04. The quantitative estimate of drug-likeness (QED) is 0.470. The van der Waals surface area contributed by atoms with Gasteiger partial charge in [0.05, 0.1) is 16.5 Å². The van der Waals surface area contributed by atoms with Gasteiger partial charge in [-0.15, -0.1) is 0 Å². The van der Waals surface area contributed by atoms with E-state index in [0.29, 0.717) is 11.1 Å². The number of hydrogen-bond acceptors (Lipinski definition) is 4. The number of carboxylic acids is 1. The number of halogens is 2. The molecule has 1 atom stereocenters. The molecule has 2 aromatic carbocycles. The van der Waals surface area contributed by atoms with Gasteiger partial charge < -0.3 is 20.5 Å². The Morgan fingerprint density at radius 1 is 1.06 bits per heavy atom. The second-order valence-corrected chi connectivity index (χ2v) is 7.05. The molecule has 3 rings (SSSR count). The first-order valence-corrected chi connectivity index (χ1v) is 9.24. The summed E-state index contributed by atoms with van der Waals surface area (Å²) >= 11 is 0. The van der Waals surface area contributed by atoms with Gasteiger partial charge in [-0.3, -0.25) is 14.4 Å². The highest BCUT2D eigenvalue weighted by atomic mass is 19.1. The molecule has 9 heteroatoms. The number of hydrogen-bond donors (Lipinski definition) is 4. The average molecular weight is 432 g/mol. The van der Waals surface area contributed by atoms with Crippen LogP contribution in [0, 0.1) is 38.3 Å². The van der Waals surface area contributed by atoms with Gasteiger partial charge >= 0.3 is 5.97 Å². The number of anilines is 1. The predicted octanol–water partition coefficient (Wildman–Crippen LogP) is 3.78. The molecule has 1 aromatic heterocycles. The van der Waals surface area contributed by atoms with E-state index in [1.807, 2.05) is 0 Å². The molecule has 164 valence electrons. The van der Waals surface area contributed by atoms with E-state index < -0.39 is 35.0 Å². The van der Waals surface area contributed by atoms with Crippen molar-refractivity contribution in [3.8, 4) is 5.75 Å². The van der Waals surface area contributed by atoms with Crippen molar-refractivity contribution >= 4 is 28.5 Å². The molecule has 1 amide bonds. The number of nitrogens with one attached hydrogen (secondary N) is 2. The van der Waals surface area contributed by atoms with Crippen molar-refractivity contribution in [2.24, 2.45) is 5.92 Å². The lowest BCUT2D eigenvalue weighted by Gasteiger charge is -2.10. The minimum Gasteiger partial charge on any atom is -0.507 e. The van der Waals surface area contributed by atoms with Crippen molar-refractivity contribution in [2.45, 2.75) is 27.7 Å². The summed E-state index contributed by atoms with van der Waals surface area (Å²) in [6.07, 6.45) is 0. The van der Waals surface area contributed by atoms with E-state index in [1.165, 1.54) is 32.0 Å². The first kappa shape index (κ1) is 23.5. The molecule has 0 saturated heterocycles. The van der Waals surface area contributed by atoms with Gasteiger partial charge in [-0.1, -0.05) is 12.1 Å². The number of aryl methyl sites for hydroxylation is 2. The number of amides is 1. The van der Waals surface area contributed by atoms with Crippen molar-refractivity contribution in [1.82, 2.24) is 4.98 Å². The number of pyridine rings is 1. The van der Waals surface area contributed by atoms with Gasteiger partial charge in [-0.25, -0.2) is 8.78 Å². The zero-order valence-electron chi connectivity index (χ0n) is 17.3. The van der Waals surface area contributed by atoms with E-state index >= 15 is 0 Å². The number of aromatic nitrogens is 1. The Hall–Kier alpha value is -3.75. The van der Waals surface area contributed by atoms with Crippen molar-refractivity contribution in [1.29, 1.82) is 0 Å². The lowest BCUT2D eigenvalue weighted by atomic mass is 10.1. The van der Waals surface area contributed by atoms with Crippen LogP contribution in [-0.2, 0) is 9.59 Å². The number of benzene rings is 2. The molecule has 0 radical (unpaired) electrons. The molecule has 4 N–H and O–H groups in total. The Morgan fingerprint density at radius 2 is 1.68 bits per heavy atom. The molecule has 0 aliphatic carbocycles. The van der Waals surface area contributed by atoms with Crippen LogP contribution < -0.4 is 10.9 Å². The molecule has 0 fully saturated rings. The normalized spacial score (nSPS) is 11.4. The third-order valence-corrected chi connectivity index (χ3v) is 4.76. The minimum absolute atomic E-state index is 0.0760. The molecular weight excluding hydrogens is 410 g/mol. The molecule has 0 bridgehead atoms. The highest BCUT2D eigenvalue weighted by Gasteiger charge is 2.21. The maximum absolute atomic E-state index is 13.5. The molecule has 0 spiro atoms. The second-order valence-electron chi connectivity index (χ2n) is 7.05. The number of aromatic amines is 1. The average Bonchev–Trinajstić information content (AvgIpc) is 2.71. The fourth-order valence-corrected chi connectivity index (χ4v) is 2.66. The fraction of sp³-hybridized carbons (Fsp3) is 0.227. The molecule has 7 nitrogen and oxygen atoms in total. The number of fused-ring (bicyclic) bond motifs is 1. The lowest BCUT2D eigenvalue weighted by molar-refractivity contribution is -0.144. The maximum atomic E-state index is 13.5. The Bertz CT molecular complexity index is 1220. The zero-order chi connectivity index (χ0) is 23.5. The van der Waals surface area contributed by atoms with Crippen LogP contribution in [0.15, 0.2) is 35.1 Å². The summed E-state index contributed by atoms with van der Waals surface area (Å²) in [5.41, 5.74) is 1.77. The Labute approximate surface area is 176 Å². The minimum atomic E-state index is -1.22. The summed E-state index contributed by atoms with van der Waals surface area (Å²) in [5.74, 6) is -4.35. The van der Waals surface area contributed by atoms with Crippen molar-refractivity contribution in [3.05, 3.63) is 69.0 Å². The van der Waals surface area contributed by atoms with Crippen molar-refractivity contribution in [2.75, 3.05) is 5.32 Å². The largest absolute Gasteiger partial charge is 0.507 e. The van der Waals surface area contributed by atoms with Crippen LogP contribution in [0.5, 0.6) is 5.75 Å². The van der Waals surface area contributed by atoms with Gasteiger partial charge in [-0.05, 0) is 57.0 Å². The van der Waals surface area contributed by atoms with Crippen LogP contribution >= 0.6 is 0 Å². The van der Waals surface area contributed by atoms with Crippen molar-refractivity contribution in [3.63, 3.8) is 0 Å². The second kappa shape index (κ2) is 9.38. The van der Waals surface area contributed by atoms with Crippen LogP contribution in [0.25, 0.3) is 10.9 Å². The van der Waals surface area contributed by atoms with Gasteiger partial charge in [0.25, 0.3) is 5.56 Å². The SMILES string of the molecule is Cc1c(O)c2c(F)ccc(C)c2[nH]c1=O.Cc1ccc(F)cc1NC(=O)C(C)C(=O)O. The molecule has 0 saturated carbocycles. The maximum Gasteiger partial charge on any atom is 0.315 e. The van der Waals surface area contributed by atoms with E-state index in [0.717, 1.165) is 11.6 Å².